The van der Waals surface area contributed by atoms with E-state index in [1.165, 1.54) is 5.56 Å². The summed E-state index contributed by atoms with van der Waals surface area (Å²) in [4.78, 5) is 5.20. The van der Waals surface area contributed by atoms with E-state index in [4.69, 9.17) is 34.8 Å². The van der Waals surface area contributed by atoms with Crippen molar-refractivity contribution in [2.75, 3.05) is 0 Å². The Kier molecular flexibility index (Phi) is 7.16. The Morgan fingerprint density at radius 3 is 2.41 bits per heavy atom. The van der Waals surface area contributed by atoms with Crippen LogP contribution in [0.2, 0.25) is 15.1 Å². The zero-order valence-corrected chi connectivity index (χ0v) is 18.1. The fraction of sp³-hybridized carbons (Fsp3) is 0.286. The standard InChI is InChI=1S/C21H21Cl3N2S/c1-21(10-12-26-13-11-25-15-26,9-8-16-2-4-17(22)5-3-16)27-20-7-6-18(23)14-19(20)24/h2-7,11,13-15H,8-10,12H2,1H3. The summed E-state index contributed by atoms with van der Waals surface area (Å²) in [6.45, 7) is 3.21. The maximum Gasteiger partial charge on any atom is 0.0945 e. The molecule has 2 nitrogen and oxygen atoms in total. The van der Waals surface area contributed by atoms with Crippen molar-refractivity contribution in [2.24, 2.45) is 0 Å². The molecule has 0 saturated heterocycles. The van der Waals surface area contributed by atoms with Crippen LogP contribution in [0.1, 0.15) is 25.3 Å². The molecule has 1 aromatic heterocycles. The van der Waals surface area contributed by atoms with Crippen molar-refractivity contribution in [3.8, 4) is 0 Å². The van der Waals surface area contributed by atoms with Crippen molar-refractivity contribution in [3.05, 3.63) is 81.8 Å². The zero-order chi connectivity index (χ0) is 19.3. The molecule has 0 N–H and O–H groups in total. The first-order valence-electron chi connectivity index (χ1n) is 8.78. The van der Waals surface area contributed by atoms with E-state index in [-0.39, 0.29) is 4.75 Å². The molecular weight excluding hydrogens is 419 g/mol. The molecular formula is C21H21Cl3N2S. The number of hydrogen-bond donors (Lipinski definition) is 0. The summed E-state index contributed by atoms with van der Waals surface area (Å²) in [6.07, 6.45) is 8.68. The van der Waals surface area contributed by atoms with Gasteiger partial charge in [-0.05, 0) is 55.2 Å². The molecule has 27 heavy (non-hydrogen) atoms. The molecule has 0 bridgehead atoms. The number of thioether (sulfide) groups is 1. The third-order valence-electron chi connectivity index (χ3n) is 4.56. The van der Waals surface area contributed by atoms with Gasteiger partial charge in [0.25, 0.3) is 0 Å². The third kappa shape index (κ3) is 6.18. The molecule has 1 unspecified atom stereocenters. The van der Waals surface area contributed by atoms with Crippen LogP contribution in [0.15, 0.2) is 66.1 Å². The van der Waals surface area contributed by atoms with Gasteiger partial charge in [0, 0.05) is 38.6 Å². The lowest BCUT2D eigenvalue weighted by Crippen LogP contribution is -2.23. The molecule has 0 radical (unpaired) electrons. The third-order valence-corrected chi connectivity index (χ3v) is 6.95. The van der Waals surface area contributed by atoms with Gasteiger partial charge in [0.1, 0.15) is 0 Å². The van der Waals surface area contributed by atoms with E-state index in [2.05, 4.69) is 28.6 Å². The lowest BCUT2D eigenvalue weighted by Gasteiger charge is -2.30. The predicted octanol–water partition coefficient (Wildman–Crippen LogP) is 7.42. The lowest BCUT2D eigenvalue weighted by molar-refractivity contribution is 0.492. The lowest BCUT2D eigenvalue weighted by atomic mass is 9.97. The molecule has 0 saturated carbocycles. The van der Waals surface area contributed by atoms with Crippen molar-refractivity contribution in [1.29, 1.82) is 0 Å². The second-order valence-corrected chi connectivity index (χ2v) is 9.71. The average Bonchev–Trinajstić information content (AvgIpc) is 3.16. The summed E-state index contributed by atoms with van der Waals surface area (Å²) >= 11 is 20.3. The van der Waals surface area contributed by atoms with Crippen LogP contribution in [0.5, 0.6) is 0 Å². The van der Waals surface area contributed by atoms with Crippen LogP contribution < -0.4 is 0 Å². The van der Waals surface area contributed by atoms with Gasteiger partial charge in [0.15, 0.2) is 0 Å². The smallest absolute Gasteiger partial charge is 0.0945 e. The number of halogens is 3. The summed E-state index contributed by atoms with van der Waals surface area (Å²) in [5.41, 5.74) is 1.29. The Morgan fingerprint density at radius 2 is 1.74 bits per heavy atom. The van der Waals surface area contributed by atoms with Crippen LogP contribution in [-0.4, -0.2) is 14.3 Å². The summed E-state index contributed by atoms with van der Waals surface area (Å²) in [7, 11) is 0. The molecule has 142 valence electrons. The maximum atomic E-state index is 6.43. The van der Waals surface area contributed by atoms with E-state index in [1.54, 1.807) is 6.07 Å². The number of nitrogens with zero attached hydrogens (tertiary/aromatic N) is 2. The fourth-order valence-corrected chi connectivity index (χ4v) is 4.77. The SMILES string of the molecule is CC(CCc1ccc(Cl)cc1)(CCn1ccnc1)Sc1ccc(Cl)cc1Cl. The molecule has 0 amide bonds. The molecule has 0 aliphatic rings. The van der Waals surface area contributed by atoms with Crippen molar-refractivity contribution >= 4 is 46.6 Å². The van der Waals surface area contributed by atoms with Crippen LogP contribution in [0, 0.1) is 0 Å². The Labute approximate surface area is 179 Å². The molecule has 1 atom stereocenters. The largest absolute Gasteiger partial charge is 0.337 e. The first kappa shape index (κ1) is 20.6. The fourth-order valence-electron chi connectivity index (χ4n) is 2.89. The number of benzene rings is 2. The van der Waals surface area contributed by atoms with Crippen LogP contribution in [0.4, 0.5) is 0 Å². The van der Waals surface area contributed by atoms with E-state index in [0.717, 1.165) is 35.7 Å². The minimum atomic E-state index is 0.0153. The summed E-state index contributed by atoms with van der Waals surface area (Å²) < 4.78 is 2.13. The Balaban J connectivity index is 1.75. The van der Waals surface area contributed by atoms with Gasteiger partial charge in [-0.3, -0.25) is 0 Å². The highest BCUT2D eigenvalue weighted by atomic mass is 35.5. The van der Waals surface area contributed by atoms with Crippen molar-refractivity contribution in [2.45, 2.75) is 42.4 Å². The topological polar surface area (TPSA) is 17.8 Å². The number of rotatable bonds is 8. The molecule has 0 aliphatic carbocycles. The van der Waals surface area contributed by atoms with Crippen LogP contribution in [-0.2, 0) is 13.0 Å². The van der Waals surface area contributed by atoms with Gasteiger partial charge in [-0.15, -0.1) is 11.8 Å². The molecule has 3 aromatic rings. The van der Waals surface area contributed by atoms with Crippen molar-refractivity contribution < 1.29 is 0 Å². The predicted molar refractivity (Wildman–Crippen MR) is 117 cm³/mol. The number of imidazole rings is 1. The highest BCUT2D eigenvalue weighted by Crippen LogP contribution is 2.43. The molecule has 1 heterocycles. The van der Waals surface area contributed by atoms with Crippen molar-refractivity contribution in [3.63, 3.8) is 0 Å². The van der Waals surface area contributed by atoms with E-state index >= 15 is 0 Å². The average molecular weight is 440 g/mol. The van der Waals surface area contributed by atoms with Gasteiger partial charge >= 0.3 is 0 Å². The number of aromatic nitrogens is 2. The highest BCUT2D eigenvalue weighted by Gasteiger charge is 2.26. The van der Waals surface area contributed by atoms with E-state index < -0.39 is 0 Å². The van der Waals surface area contributed by atoms with E-state index in [9.17, 15) is 0 Å². The highest BCUT2D eigenvalue weighted by molar-refractivity contribution is 8.00. The molecule has 3 rings (SSSR count). The zero-order valence-electron chi connectivity index (χ0n) is 15.0. The molecule has 6 heteroatoms. The number of aryl methyl sites for hydroxylation is 2. The Hall–Kier alpha value is -1.13. The van der Waals surface area contributed by atoms with Crippen LogP contribution in [0.25, 0.3) is 0 Å². The van der Waals surface area contributed by atoms with Crippen LogP contribution in [0.3, 0.4) is 0 Å². The quantitative estimate of drug-likeness (QED) is 0.340. The van der Waals surface area contributed by atoms with Crippen LogP contribution >= 0.6 is 46.6 Å². The number of hydrogen-bond acceptors (Lipinski definition) is 2. The van der Waals surface area contributed by atoms with Gasteiger partial charge in [0.2, 0.25) is 0 Å². The summed E-state index contributed by atoms with van der Waals surface area (Å²) in [5.74, 6) is 0. The van der Waals surface area contributed by atoms with E-state index in [1.807, 2.05) is 54.7 Å². The van der Waals surface area contributed by atoms with Gasteiger partial charge in [-0.25, -0.2) is 4.98 Å². The second kappa shape index (κ2) is 9.38. The van der Waals surface area contributed by atoms with Gasteiger partial charge in [-0.2, -0.15) is 0 Å². The minimum absolute atomic E-state index is 0.0153. The van der Waals surface area contributed by atoms with Gasteiger partial charge < -0.3 is 4.57 Å². The van der Waals surface area contributed by atoms with Gasteiger partial charge in [-0.1, -0.05) is 53.9 Å². The maximum absolute atomic E-state index is 6.43. The second-order valence-electron chi connectivity index (χ2n) is 6.80. The molecule has 0 aliphatic heterocycles. The Bertz CT molecular complexity index is 866. The first-order chi connectivity index (χ1) is 12.9. The van der Waals surface area contributed by atoms with Crippen molar-refractivity contribution in [1.82, 2.24) is 9.55 Å². The summed E-state index contributed by atoms with van der Waals surface area (Å²) in [6, 6.07) is 13.8. The Morgan fingerprint density at radius 1 is 1.00 bits per heavy atom. The minimum Gasteiger partial charge on any atom is -0.337 e. The van der Waals surface area contributed by atoms with E-state index in [0.29, 0.717) is 10.0 Å². The summed E-state index contributed by atoms with van der Waals surface area (Å²) in [5, 5.41) is 2.13. The normalized spacial score (nSPS) is 13.5. The molecule has 2 aromatic carbocycles. The monoisotopic (exact) mass is 438 g/mol. The first-order valence-corrected chi connectivity index (χ1v) is 10.7. The van der Waals surface area contributed by atoms with Gasteiger partial charge in [0.05, 0.1) is 11.3 Å². The molecule has 0 spiro atoms. The molecule has 0 fully saturated rings.